The van der Waals surface area contributed by atoms with E-state index >= 15 is 0 Å². The van der Waals surface area contributed by atoms with Crippen molar-refractivity contribution < 1.29 is 9.53 Å². The highest BCUT2D eigenvalue weighted by atomic mass is 16.5. The maximum atomic E-state index is 13.1. The fourth-order valence-electron chi connectivity index (χ4n) is 3.76. The Bertz CT molecular complexity index is 1310. The van der Waals surface area contributed by atoms with E-state index in [4.69, 9.17) is 9.72 Å². The molecular weight excluding hydrogens is 434 g/mol. The lowest BCUT2D eigenvalue weighted by Crippen LogP contribution is -2.18. The molecule has 0 unspecified atom stereocenters. The Morgan fingerprint density at radius 1 is 1.03 bits per heavy atom. The molecule has 0 saturated carbocycles. The fourth-order valence-corrected chi connectivity index (χ4v) is 3.76. The van der Waals surface area contributed by atoms with Gasteiger partial charge in [0.15, 0.2) is 0 Å². The Balaban J connectivity index is 1.53. The van der Waals surface area contributed by atoms with Crippen LogP contribution in [0.5, 0.6) is 5.75 Å². The molecule has 0 bridgehead atoms. The summed E-state index contributed by atoms with van der Waals surface area (Å²) in [6.07, 6.45) is 3.76. The standard InChI is InChI=1S/C30H31N3O2/c1-4-5-18-35-25-16-10-22(11-17-25)20-31-33-30(34)27-19-29(32-28-9-7-6-8-26(27)28)24-14-12-23(13-15-24)21(2)3/h6-17,19-21H,4-5,18H2,1-3H3,(H,33,34)/b31-20-. The second-order valence-electron chi connectivity index (χ2n) is 8.82. The maximum absolute atomic E-state index is 13.1. The van der Waals surface area contributed by atoms with Crippen molar-refractivity contribution in [2.75, 3.05) is 6.61 Å². The molecule has 4 aromatic rings. The third-order valence-corrected chi connectivity index (χ3v) is 5.86. The van der Waals surface area contributed by atoms with Gasteiger partial charge in [0, 0.05) is 10.9 Å². The van der Waals surface area contributed by atoms with Gasteiger partial charge >= 0.3 is 0 Å². The van der Waals surface area contributed by atoms with Crippen LogP contribution in [-0.2, 0) is 0 Å². The number of fused-ring (bicyclic) bond motifs is 1. The maximum Gasteiger partial charge on any atom is 0.272 e. The number of aromatic nitrogens is 1. The molecule has 1 N–H and O–H groups in total. The molecule has 0 radical (unpaired) electrons. The number of para-hydroxylation sites is 1. The summed E-state index contributed by atoms with van der Waals surface area (Å²) in [6.45, 7) is 7.19. The summed E-state index contributed by atoms with van der Waals surface area (Å²) in [5.41, 5.74) is 7.84. The van der Waals surface area contributed by atoms with Crippen molar-refractivity contribution in [3.05, 3.63) is 95.6 Å². The van der Waals surface area contributed by atoms with Crippen molar-refractivity contribution in [2.45, 2.75) is 39.5 Å². The molecule has 0 atom stereocenters. The first kappa shape index (κ1) is 24.1. The Labute approximate surface area is 206 Å². The Morgan fingerprint density at radius 2 is 1.77 bits per heavy atom. The third kappa shape index (κ3) is 6.12. The molecule has 0 fully saturated rings. The van der Waals surface area contributed by atoms with Gasteiger partial charge in [-0.2, -0.15) is 5.10 Å². The first-order chi connectivity index (χ1) is 17.0. The summed E-state index contributed by atoms with van der Waals surface area (Å²) in [7, 11) is 0. The molecule has 178 valence electrons. The summed E-state index contributed by atoms with van der Waals surface area (Å²) in [4.78, 5) is 17.9. The number of amides is 1. The molecule has 5 nitrogen and oxygen atoms in total. The molecule has 0 saturated heterocycles. The van der Waals surface area contributed by atoms with Crippen molar-refractivity contribution in [3.8, 4) is 17.0 Å². The number of unbranched alkanes of at least 4 members (excludes halogenated alkanes) is 1. The van der Waals surface area contributed by atoms with Crippen molar-refractivity contribution in [1.82, 2.24) is 10.4 Å². The highest BCUT2D eigenvalue weighted by Gasteiger charge is 2.14. The highest BCUT2D eigenvalue weighted by molar-refractivity contribution is 6.07. The minimum atomic E-state index is -0.278. The highest BCUT2D eigenvalue weighted by Crippen LogP contribution is 2.26. The number of hydrogen-bond donors (Lipinski definition) is 1. The average Bonchev–Trinajstić information content (AvgIpc) is 2.89. The number of carbonyl (C=O) groups excluding carboxylic acids is 1. The van der Waals surface area contributed by atoms with E-state index in [1.165, 1.54) is 5.56 Å². The van der Waals surface area contributed by atoms with Gasteiger partial charge in [-0.3, -0.25) is 4.79 Å². The van der Waals surface area contributed by atoms with Crippen LogP contribution in [0.2, 0.25) is 0 Å². The van der Waals surface area contributed by atoms with Gasteiger partial charge in [0.1, 0.15) is 5.75 Å². The van der Waals surface area contributed by atoms with Gasteiger partial charge in [0.2, 0.25) is 0 Å². The molecule has 3 aromatic carbocycles. The summed E-state index contributed by atoms with van der Waals surface area (Å²) in [5.74, 6) is 1.01. The zero-order valence-corrected chi connectivity index (χ0v) is 20.5. The second-order valence-corrected chi connectivity index (χ2v) is 8.82. The van der Waals surface area contributed by atoms with Crippen LogP contribution in [0.15, 0.2) is 84.0 Å². The number of carbonyl (C=O) groups is 1. The summed E-state index contributed by atoms with van der Waals surface area (Å²) in [6, 6.07) is 25.5. The average molecular weight is 466 g/mol. The number of rotatable bonds is 9. The number of hydrogen-bond acceptors (Lipinski definition) is 4. The first-order valence-corrected chi connectivity index (χ1v) is 12.1. The van der Waals surface area contributed by atoms with Gasteiger partial charge in [-0.1, -0.05) is 69.7 Å². The summed E-state index contributed by atoms with van der Waals surface area (Å²) >= 11 is 0. The molecule has 1 aromatic heterocycles. The van der Waals surface area contributed by atoms with E-state index in [9.17, 15) is 4.79 Å². The Morgan fingerprint density at radius 3 is 2.49 bits per heavy atom. The number of nitrogens with zero attached hydrogens (tertiary/aromatic N) is 2. The largest absolute Gasteiger partial charge is 0.494 e. The van der Waals surface area contributed by atoms with E-state index in [2.05, 4.69) is 55.6 Å². The Hall–Kier alpha value is -3.99. The van der Waals surface area contributed by atoms with Crippen LogP contribution in [-0.4, -0.2) is 23.7 Å². The smallest absolute Gasteiger partial charge is 0.272 e. The van der Waals surface area contributed by atoms with Crippen LogP contribution < -0.4 is 10.2 Å². The number of nitrogens with one attached hydrogen (secondary N) is 1. The van der Waals surface area contributed by atoms with Gasteiger partial charge in [-0.05, 0) is 59.9 Å². The molecule has 5 heteroatoms. The lowest BCUT2D eigenvalue weighted by molar-refractivity contribution is 0.0956. The summed E-state index contributed by atoms with van der Waals surface area (Å²) in [5, 5.41) is 4.97. The SMILES string of the molecule is CCCCOc1ccc(/C=N\NC(=O)c2cc(-c3ccc(C(C)C)cc3)nc3ccccc23)cc1. The van der Waals surface area contributed by atoms with Crippen molar-refractivity contribution in [3.63, 3.8) is 0 Å². The zero-order valence-electron chi connectivity index (χ0n) is 20.5. The fraction of sp³-hybridized carbons (Fsp3) is 0.233. The van der Waals surface area contributed by atoms with Gasteiger partial charge < -0.3 is 4.74 Å². The topological polar surface area (TPSA) is 63.6 Å². The molecule has 35 heavy (non-hydrogen) atoms. The minimum absolute atomic E-state index is 0.278. The molecule has 1 amide bonds. The van der Waals surface area contributed by atoms with E-state index in [0.717, 1.165) is 46.3 Å². The number of benzene rings is 3. The van der Waals surface area contributed by atoms with E-state index in [1.807, 2.05) is 54.6 Å². The Kier molecular flexibility index (Phi) is 7.88. The minimum Gasteiger partial charge on any atom is -0.494 e. The predicted octanol–water partition coefficient (Wildman–Crippen LogP) is 6.97. The van der Waals surface area contributed by atoms with E-state index in [-0.39, 0.29) is 5.91 Å². The van der Waals surface area contributed by atoms with Crippen LogP contribution in [0.25, 0.3) is 22.2 Å². The predicted molar refractivity (Wildman–Crippen MR) is 143 cm³/mol. The zero-order chi connectivity index (χ0) is 24.6. The lowest BCUT2D eigenvalue weighted by Gasteiger charge is -2.10. The summed E-state index contributed by atoms with van der Waals surface area (Å²) < 4.78 is 5.69. The van der Waals surface area contributed by atoms with Crippen LogP contribution in [0.1, 0.15) is 61.0 Å². The number of pyridine rings is 1. The molecular formula is C30H31N3O2. The number of hydrazone groups is 1. The van der Waals surface area contributed by atoms with E-state index in [1.54, 1.807) is 6.21 Å². The second kappa shape index (κ2) is 11.4. The molecule has 1 heterocycles. The number of ether oxygens (including phenoxy) is 1. The van der Waals surface area contributed by atoms with Crippen LogP contribution in [0.3, 0.4) is 0 Å². The molecule has 0 aliphatic heterocycles. The quantitative estimate of drug-likeness (QED) is 0.165. The van der Waals surface area contributed by atoms with Crippen molar-refractivity contribution in [1.29, 1.82) is 0 Å². The molecule has 0 aliphatic carbocycles. The van der Waals surface area contributed by atoms with Crippen LogP contribution >= 0.6 is 0 Å². The third-order valence-electron chi connectivity index (χ3n) is 5.86. The molecule has 0 spiro atoms. The van der Waals surface area contributed by atoms with E-state index < -0.39 is 0 Å². The van der Waals surface area contributed by atoms with Gasteiger partial charge in [0.25, 0.3) is 5.91 Å². The monoisotopic (exact) mass is 465 g/mol. The van der Waals surface area contributed by atoms with Crippen molar-refractivity contribution in [2.24, 2.45) is 5.10 Å². The van der Waals surface area contributed by atoms with Crippen molar-refractivity contribution >= 4 is 23.0 Å². The molecule has 0 aliphatic rings. The molecule has 4 rings (SSSR count). The van der Waals surface area contributed by atoms with Gasteiger partial charge in [-0.15, -0.1) is 0 Å². The van der Waals surface area contributed by atoms with Gasteiger partial charge in [-0.25, -0.2) is 10.4 Å². The van der Waals surface area contributed by atoms with Crippen LogP contribution in [0.4, 0.5) is 0 Å². The first-order valence-electron chi connectivity index (χ1n) is 12.1. The normalized spacial score (nSPS) is 11.3. The van der Waals surface area contributed by atoms with Crippen LogP contribution in [0, 0.1) is 0 Å². The lowest BCUT2D eigenvalue weighted by atomic mass is 9.99. The van der Waals surface area contributed by atoms with Gasteiger partial charge in [0.05, 0.1) is 29.6 Å². The van der Waals surface area contributed by atoms with E-state index in [0.29, 0.717) is 18.1 Å².